The Bertz CT molecular complexity index is 666. The number of guanidine groups is 1. The van der Waals surface area contributed by atoms with Gasteiger partial charge in [-0.3, -0.25) is 4.99 Å². The van der Waals surface area contributed by atoms with Crippen molar-refractivity contribution in [2.45, 2.75) is 39.5 Å². The van der Waals surface area contributed by atoms with Crippen LogP contribution in [0.5, 0.6) is 5.75 Å². The molecule has 0 atom stereocenters. The lowest BCUT2D eigenvalue weighted by Gasteiger charge is -2.23. The SMILES string of the molecule is CN=C(NCc1cccc(COc2ccccc2)c1)NC(C)(C)C.I. The summed E-state index contributed by atoms with van der Waals surface area (Å²) in [5.74, 6) is 1.68. The van der Waals surface area contributed by atoms with Crippen LogP contribution in [0.15, 0.2) is 59.6 Å². The van der Waals surface area contributed by atoms with Gasteiger partial charge in [-0.25, -0.2) is 0 Å². The molecule has 0 aliphatic rings. The van der Waals surface area contributed by atoms with Crippen molar-refractivity contribution in [3.8, 4) is 5.75 Å². The molecule has 0 bridgehead atoms. The van der Waals surface area contributed by atoms with Gasteiger partial charge < -0.3 is 15.4 Å². The van der Waals surface area contributed by atoms with Crippen molar-refractivity contribution < 1.29 is 4.74 Å². The molecule has 0 amide bonds. The lowest BCUT2D eigenvalue weighted by atomic mass is 10.1. The van der Waals surface area contributed by atoms with Crippen LogP contribution in [-0.4, -0.2) is 18.5 Å². The smallest absolute Gasteiger partial charge is 0.191 e. The van der Waals surface area contributed by atoms with Crippen LogP contribution < -0.4 is 15.4 Å². The van der Waals surface area contributed by atoms with Crippen LogP contribution in [0.3, 0.4) is 0 Å². The Labute approximate surface area is 168 Å². The fourth-order valence-electron chi connectivity index (χ4n) is 2.23. The van der Waals surface area contributed by atoms with Gasteiger partial charge in [-0.15, -0.1) is 24.0 Å². The number of aliphatic imine (C=N–C) groups is 1. The van der Waals surface area contributed by atoms with E-state index >= 15 is 0 Å². The number of rotatable bonds is 5. The standard InChI is InChI=1S/C20H27N3O.HI/c1-20(2,3)23-19(21-4)22-14-16-9-8-10-17(13-16)15-24-18-11-6-5-7-12-18;/h5-13H,14-15H2,1-4H3,(H2,21,22,23);1H. The van der Waals surface area contributed by atoms with Crippen molar-refractivity contribution in [2.24, 2.45) is 4.99 Å². The molecule has 0 aromatic heterocycles. The van der Waals surface area contributed by atoms with E-state index in [-0.39, 0.29) is 29.5 Å². The molecule has 2 N–H and O–H groups in total. The summed E-state index contributed by atoms with van der Waals surface area (Å²) in [6, 6.07) is 18.3. The van der Waals surface area contributed by atoms with Gasteiger partial charge in [0.25, 0.3) is 0 Å². The van der Waals surface area contributed by atoms with Gasteiger partial charge in [-0.1, -0.05) is 42.5 Å². The summed E-state index contributed by atoms with van der Waals surface area (Å²) < 4.78 is 5.80. The highest BCUT2D eigenvalue weighted by molar-refractivity contribution is 14.0. The second-order valence-corrected chi connectivity index (χ2v) is 6.72. The minimum atomic E-state index is -0.0206. The lowest BCUT2D eigenvalue weighted by molar-refractivity contribution is 0.306. The topological polar surface area (TPSA) is 45.7 Å². The molecule has 0 saturated carbocycles. The second-order valence-electron chi connectivity index (χ2n) is 6.72. The molecule has 136 valence electrons. The predicted octanol–water partition coefficient (Wildman–Crippen LogP) is 4.35. The fraction of sp³-hybridized carbons (Fsp3) is 0.350. The molecule has 2 rings (SSSR count). The maximum absolute atomic E-state index is 5.80. The number of hydrogen-bond donors (Lipinski definition) is 2. The molecule has 0 spiro atoms. The summed E-state index contributed by atoms with van der Waals surface area (Å²) in [5.41, 5.74) is 2.32. The van der Waals surface area contributed by atoms with Crippen LogP contribution in [0.2, 0.25) is 0 Å². The average Bonchev–Trinajstić information content (AvgIpc) is 2.57. The third-order valence-electron chi connectivity index (χ3n) is 3.32. The number of nitrogens with zero attached hydrogens (tertiary/aromatic N) is 1. The number of halogens is 1. The van der Waals surface area contributed by atoms with E-state index in [1.165, 1.54) is 5.56 Å². The van der Waals surface area contributed by atoms with Crippen molar-refractivity contribution in [1.29, 1.82) is 0 Å². The summed E-state index contributed by atoms with van der Waals surface area (Å²) in [6.07, 6.45) is 0. The van der Waals surface area contributed by atoms with Crippen LogP contribution in [0.1, 0.15) is 31.9 Å². The van der Waals surface area contributed by atoms with E-state index in [9.17, 15) is 0 Å². The van der Waals surface area contributed by atoms with Crippen molar-refractivity contribution in [1.82, 2.24) is 10.6 Å². The van der Waals surface area contributed by atoms with E-state index in [0.717, 1.165) is 23.8 Å². The van der Waals surface area contributed by atoms with Crippen molar-refractivity contribution in [3.05, 3.63) is 65.7 Å². The van der Waals surface area contributed by atoms with Gasteiger partial charge in [-0.05, 0) is 44.0 Å². The molecule has 0 saturated heterocycles. The van der Waals surface area contributed by atoms with E-state index in [1.54, 1.807) is 7.05 Å². The predicted molar refractivity (Wildman–Crippen MR) is 116 cm³/mol. The van der Waals surface area contributed by atoms with Crippen molar-refractivity contribution >= 4 is 29.9 Å². The van der Waals surface area contributed by atoms with E-state index < -0.39 is 0 Å². The van der Waals surface area contributed by atoms with Crippen LogP contribution in [0.4, 0.5) is 0 Å². The Morgan fingerprint density at radius 1 is 1.00 bits per heavy atom. The zero-order valence-corrected chi connectivity index (χ0v) is 17.7. The normalized spacial score (nSPS) is 11.4. The molecule has 0 unspecified atom stereocenters. The Kier molecular flexibility index (Phi) is 8.75. The first-order valence-corrected chi connectivity index (χ1v) is 8.21. The maximum Gasteiger partial charge on any atom is 0.191 e. The minimum Gasteiger partial charge on any atom is -0.489 e. The van der Waals surface area contributed by atoms with E-state index in [4.69, 9.17) is 4.74 Å². The van der Waals surface area contributed by atoms with Gasteiger partial charge in [0.05, 0.1) is 0 Å². The van der Waals surface area contributed by atoms with Crippen LogP contribution >= 0.6 is 24.0 Å². The molecule has 2 aromatic carbocycles. The zero-order valence-electron chi connectivity index (χ0n) is 15.4. The van der Waals surface area contributed by atoms with Crippen molar-refractivity contribution in [3.63, 3.8) is 0 Å². The number of benzene rings is 2. The second kappa shape index (κ2) is 10.3. The summed E-state index contributed by atoms with van der Waals surface area (Å²) in [6.45, 7) is 7.62. The molecule has 5 heteroatoms. The minimum absolute atomic E-state index is 0. The average molecular weight is 453 g/mol. The summed E-state index contributed by atoms with van der Waals surface area (Å²) in [5, 5.41) is 6.69. The summed E-state index contributed by atoms with van der Waals surface area (Å²) >= 11 is 0. The number of para-hydroxylation sites is 1. The quantitative estimate of drug-likeness (QED) is 0.402. The summed E-state index contributed by atoms with van der Waals surface area (Å²) in [7, 11) is 1.78. The third-order valence-corrected chi connectivity index (χ3v) is 3.32. The van der Waals surface area contributed by atoms with Crippen LogP contribution in [-0.2, 0) is 13.2 Å². The van der Waals surface area contributed by atoms with Gasteiger partial charge >= 0.3 is 0 Å². The highest BCUT2D eigenvalue weighted by atomic mass is 127. The fourth-order valence-corrected chi connectivity index (χ4v) is 2.23. The van der Waals surface area contributed by atoms with E-state index in [1.807, 2.05) is 30.3 Å². The first kappa shape index (κ1) is 21.3. The van der Waals surface area contributed by atoms with Crippen LogP contribution in [0.25, 0.3) is 0 Å². The van der Waals surface area contributed by atoms with Gasteiger partial charge in [0.2, 0.25) is 0 Å². The number of ether oxygens (including phenoxy) is 1. The molecule has 2 aromatic rings. The van der Waals surface area contributed by atoms with E-state index in [0.29, 0.717) is 6.61 Å². The molecular formula is C20H28IN3O. The van der Waals surface area contributed by atoms with Gasteiger partial charge in [0.1, 0.15) is 12.4 Å². The first-order chi connectivity index (χ1) is 11.5. The Hall–Kier alpha value is -1.76. The monoisotopic (exact) mass is 453 g/mol. The molecule has 0 radical (unpaired) electrons. The molecule has 0 aliphatic carbocycles. The maximum atomic E-state index is 5.80. The molecule has 0 heterocycles. The van der Waals surface area contributed by atoms with Crippen molar-refractivity contribution in [2.75, 3.05) is 7.05 Å². The van der Waals surface area contributed by atoms with Crippen LogP contribution in [0, 0.1) is 0 Å². The molecule has 25 heavy (non-hydrogen) atoms. The van der Waals surface area contributed by atoms with Gasteiger partial charge in [-0.2, -0.15) is 0 Å². The van der Waals surface area contributed by atoms with Gasteiger partial charge in [0, 0.05) is 19.1 Å². The first-order valence-electron chi connectivity index (χ1n) is 8.21. The molecular weight excluding hydrogens is 425 g/mol. The zero-order chi connectivity index (χ0) is 17.4. The molecule has 0 fully saturated rings. The Balaban J connectivity index is 0.00000312. The Morgan fingerprint density at radius 2 is 1.68 bits per heavy atom. The third kappa shape index (κ3) is 8.25. The molecule has 0 aliphatic heterocycles. The van der Waals surface area contributed by atoms with E-state index in [2.05, 4.69) is 60.7 Å². The lowest BCUT2D eigenvalue weighted by Crippen LogP contribution is -2.47. The number of hydrogen-bond acceptors (Lipinski definition) is 2. The summed E-state index contributed by atoms with van der Waals surface area (Å²) in [4.78, 5) is 4.26. The Morgan fingerprint density at radius 3 is 2.32 bits per heavy atom. The van der Waals surface area contributed by atoms with Gasteiger partial charge in [0.15, 0.2) is 5.96 Å². The highest BCUT2D eigenvalue weighted by Gasteiger charge is 2.11. The molecule has 4 nitrogen and oxygen atoms in total. The highest BCUT2D eigenvalue weighted by Crippen LogP contribution is 2.12. The number of nitrogens with one attached hydrogen (secondary N) is 2. The largest absolute Gasteiger partial charge is 0.489 e.